The van der Waals surface area contributed by atoms with Crippen LogP contribution in [0.25, 0.3) is 0 Å². The Balaban J connectivity index is 2.27. The number of benzene rings is 1. The molecule has 0 saturated carbocycles. The highest BCUT2D eigenvalue weighted by Crippen LogP contribution is 2.23. The van der Waals surface area contributed by atoms with E-state index in [2.05, 4.69) is 18.1 Å². The first-order valence-corrected chi connectivity index (χ1v) is 6.50. The summed E-state index contributed by atoms with van der Waals surface area (Å²) in [5.41, 5.74) is 8.88. The minimum Gasteiger partial charge on any atom is -0.321 e. The molecule has 0 bridgehead atoms. The van der Waals surface area contributed by atoms with Gasteiger partial charge in [-0.05, 0) is 44.5 Å². The summed E-state index contributed by atoms with van der Waals surface area (Å²) in [5.74, 6) is -0.242. The van der Waals surface area contributed by atoms with Gasteiger partial charge in [-0.2, -0.15) is 5.10 Å². The van der Waals surface area contributed by atoms with Crippen molar-refractivity contribution >= 4 is 0 Å². The lowest BCUT2D eigenvalue weighted by atomic mass is 9.88. The Bertz CT molecular complexity index is 555. The number of hydrogen-bond donors (Lipinski definition) is 1. The maximum atomic E-state index is 13.0. The Kier molecular flexibility index (Phi) is 3.71. The zero-order chi connectivity index (χ0) is 14.0. The van der Waals surface area contributed by atoms with Crippen LogP contribution in [0, 0.1) is 12.7 Å². The molecule has 1 heterocycles. The Labute approximate surface area is 113 Å². The molecule has 0 fully saturated rings. The van der Waals surface area contributed by atoms with E-state index in [0.717, 1.165) is 23.5 Å². The molecule has 19 heavy (non-hydrogen) atoms. The summed E-state index contributed by atoms with van der Waals surface area (Å²) in [6.45, 7) is 6.81. The number of aromatic nitrogens is 2. The van der Waals surface area contributed by atoms with Crippen LogP contribution in [0.3, 0.4) is 0 Å². The second kappa shape index (κ2) is 5.13. The molecule has 0 aliphatic carbocycles. The maximum absolute atomic E-state index is 13.0. The summed E-state index contributed by atoms with van der Waals surface area (Å²) in [7, 11) is 0. The van der Waals surface area contributed by atoms with Crippen molar-refractivity contribution in [3.05, 3.63) is 53.1 Å². The van der Waals surface area contributed by atoms with Gasteiger partial charge >= 0.3 is 0 Å². The average molecular weight is 261 g/mol. The van der Waals surface area contributed by atoms with Crippen LogP contribution in [0.1, 0.15) is 30.8 Å². The molecule has 0 radical (unpaired) electrons. The number of aryl methyl sites for hydroxylation is 2. The average Bonchev–Trinajstić information content (AvgIpc) is 2.69. The fourth-order valence-corrected chi connectivity index (χ4v) is 2.32. The number of rotatable bonds is 4. The van der Waals surface area contributed by atoms with Crippen molar-refractivity contribution in [1.29, 1.82) is 0 Å². The summed E-state index contributed by atoms with van der Waals surface area (Å²) < 4.78 is 14.9. The zero-order valence-electron chi connectivity index (χ0n) is 11.7. The third-order valence-electron chi connectivity index (χ3n) is 3.34. The first kappa shape index (κ1) is 13.7. The van der Waals surface area contributed by atoms with Crippen molar-refractivity contribution in [3.63, 3.8) is 0 Å². The van der Waals surface area contributed by atoms with Gasteiger partial charge in [0.1, 0.15) is 5.82 Å². The van der Waals surface area contributed by atoms with Crippen molar-refractivity contribution in [1.82, 2.24) is 9.78 Å². The normalized spacial score (nSPS) is 14.4. The largest absolute Gasteiger partial charge is 0.321 e. The fourth-order valence-electron chi connectivity index (χ4n) is 2.32. The molecule has 2 aromatic rings. The molecule has 2 N–H and O–H groups in total. The summed E-state index contributed by atoms with van der Waals surface area (Å²) in [6.07, 6.45) is 0.674. The van der Waals surface area contributed by atoms with Crippen molar-refractivity contribution in [2.75, 3.05) is 0 Å². The quantitative estimate of drug-likeness (QED) is 0.919. The van der Waals surface area contributed by atoms with Crippen LogP contribution in [-0.4, -0.2) is 9.78 Å². The van der Waals surface area contributed by atoms with Gasteiger partial charge in [0.05, 0.1) is 5.69 Å². The lowest BCUT2D eigenvalue weighted by Crippen LogP contribution is -2.36. The van der Waals surface area contributed by atoms with Crippen molar-refractivity contribution in [2.45, 2.75) is 39.3 Å². The SMILES string of the molecule is CCn1nc(C)cc1CC(C)(N)c1ccc(F)cc1. The van der Waals surface area contributed by atoms with Crippen LogP contribution in [0.4, 0.5) is 4.39 Å². The number of nitrogens with two attached hydrogens (primary N) is 1. The highest BCUT2D eigenvalue weighted by Gasteiger charge is 2.23. The van der Waals surface area contributed by atoms with Gasteiger partial charge in [0.15, 0.2) is 0 Å². The number of hydrogen-bond acceptors (Lipinski definition) is 2. The number of nitrogens with zero attached hydrogens (tertiary/aromatic N) is 2. The predicted octanol–water partition coefficient (Wildman–Crippen LogP) is 2.77. The second-order valence-corrected chi connectivity index (χ2v) is 5.19. The molecule has 1 atom stereocenters. The van der Waals surface area contributed by atoms with Crippen molar-refractivity contribution in [3.8, 4) is 0 Å². The highest BCUT2D eigenvalue weighted by atomic mass is 19.1. The molecule has 1 unspecified atom stereocenters. The first-order chi connectivity index (χ1) is 8.92. The molecule has 1 aromatic heterocycles. The molecule has 1 aromatic carbocycles. The standard InChI is InChI=1S/C15H20FN3/c1-4-19-14(9-11(2)18-19)10-15(3,17)12-5-7-13(16)8-6-12/h5-9H,4,10,17H2,1-3H3. The lowest BCUT2D eigenvalue weighted by molar-refractivity contribution is 0.463. The summed E-state index contributed by atoms with van der Waals surface area (Å²) in [5, 5.41) is 4.42. The molecule has 0 amide bonds. The molecule has 4 heteroatoms. The topological polar surface area (TPSA) is 43.8 Å². The molecule has 2 rings (SSSR count). The van der Waals surface area contributed by atoms with Gasteiger partial charge in [0.25, 0.3) is 0 Å². The van der Waals surface area contributed by atoms with Gasteiger partial charge < -0.3 is 5.73 Å². The van der Waals surface area contributed by atoms with E-state index in [0.29, 0.717) is 6.42 Å². The highest BCUT2D eigenvalue weighted by molar-refractivity contribution is 5.26. The molecular formula is C15H20FN3. The molecule has 3 nitrogen and oxygen atoms in total. The second-order valence-electron chi connectivity index (χ2n) is 5.19. The Morgan fingerprint density at radius 2 is 1.95 bits per heavy atom. The van der Waals surface area contributed by atoms with Crippen LogP contribution in [0.2, 0.25) is 0 Å². The number of halogens is 1. The molecule has 102 valence electrons. The van der Waals surface area contributed by atoms with Gasteiger partial charge in [-0.3, -0.25) is 4.68 Å². The lowest BCUT2D eigenvalue weighted by Gasteiger charge is -2.25. The third kappa shape index (κ3) is 3.01. The van der Waals surface area contributed by atoms with Gasteiger partial charge in [-0.25, -0.2) is 4.39 Å². The smallest absolute Gasteiger partial charge is 0.123 e. The minimum absolute atomic E-state index is 0.242. The molecule has 0 saturated heterocycles. The van der Waals surface area contributed by atoms with E-state index in [1.54, 1.807) is 12.1 Å². The van der Waals surface area contributed by atoms with Crippen LogP contribution in [-0.2, 0) is 18.5 Å². The van der Waals surface area contributed by atoms with Crippen LogP contribution in [0.5, 0.6) is 0 Å². The van der Waals surface area contributed by atoms with E-state index in [9.17, 15) is 4.39 Å². The third-order valence-corrected chi connectivity index (χ3v) is 3.34. The van der Waals surface area contributed by atoms with E-state index in [4.69, 9.17) is 5.73 Å². The monoisotopic (exact) mass is 261 g/mol. The van der Waals surface area contributed by atoms with Crippen LogP contribution < -0.4 is 5.73 Å². The Morgan fingerprint density at radius 3 is 2.53 bits per heavy atom. The molecule has 0 aliphatic rings. The van der Waals surface area contributed by atoms with Crippen molar-refractivity contribution in [2.24, 2.45) is 5.73 Å². The summed E-state index contributed by atoms with van der Waals surface area (Å²) in [4.78, 5) is 0. The molecule has 0 aliphatic heterocycles. The van der Waals surface area contributed by atoms with Gasteiger partial charge in [0.2, 0.25) is 0 Å². The minimum atomic E-state index is -0.535. The van der Waals surface area contributed by atoms with E-state index in [1.165, 1.54) is 12.1 Å². The van der Waals surface area contributed by atoms with Crippen LogP contribution in [0.15, 0.2) is 30.3 Å². The summed E-state index contributed by atoms with van der Waals surface area (Å²) in [6, 6.07) is 8.44. The summed E-state index contributed by atoms with van der Waals surface area (Å²) >= 11 is 0. The van der Waals surface area contributed by atoms with E-state index in [-0.39, 0.29) is 5.82 Å². The van der Waals surface area contributed by atoms with Gasteiger partial charge in [-0.1, -0.05) is 12.1 Å². The van der Waals surface area contributed by atoms with Crippen molar-refractivity contribution < 1.29 is 4.39 Å². The maximum Gasteiger partial charge on any atom is 0.123 e. The molecule has 0 spiro atoms. The van der Waals surface area contributed by atoms with Gasteiger partial charge in [0, 0.05) is 24.2 Å². The van der Waals surface area contributed by atoms with E-state index in [1.807, 2.05) is 18.5 Å². The molecular weight excluding hydrogens is 241 g/mol. The Hall–Kier alpha value is -1.68. The predicted molar refractivity (Wildman–Crippen MR) is 74.3 cm³/mol. The fraction of sp³-hybridized carbons (Fsp3) is 0.400. The van der Waals surface area contributed by atoms with E-state index < -0.39 is 5.54 Å². The van der Waals surface area contributed by atoms with Gasteiger partial charge in [-0.15, -0.1) is 0 Å². The van der Waals surface area contributed by atoms with Crippen LogP contribution >= 0.6 is 0 Å². The first-order valence-electron chi connectivity index (χ1n) is 6.50. The Morgan fingerprint density at radius 1 is 1.32 bits per heavy atom. The zero-order valence-corrected chi connectivity index (χ0v) is 11.7. The van der Waals surface area contributed by atoms with E-state index >= 15 is 0 Å².